The molecule has 0 N–H and O–H groups in total. The summed E-state index contributed by atoms with van der Waals surface area (Å²) < 4.78 is 16.3. The van der Waals surface area contributed by atoms with Crippen molar-refractivity contribution in [2.24, 2.45) is 0 Å². The Hall–Kier alpha value is -0.950. The van der Waals surface area contributed by atoms with E-state index in [4.69, 9.17) is 14.0 Å². The molecule has 0 aliphatic heterocycles. The topological polar surface area (TPSA) is 27.7 Å². The summed E-state index contributed by atoms with van der Waals surface area (Å²) in [5.41, 5.74) is 3.61. The average Bonchev–Trinajstić information content (AvgIpc) is 2.36. The second-order valence-corrected chi connectivity index (χ2v) is 4.04. The lowest BCUT2D eigenvalue weighted by atomic mass is 9.95. The molecule has 1 aromatic carbocycles. The molecule has 1 aromatic rings. The molecule has 1 atom stereocenters. The molecule has 4 heteroatoms. The molecule has 0 amide bonds. The average molecular weight is 256 g/mol. The van der Waals surface area contributed by atoms with Gasteiger partial charge in [-0.2, -0.15) is 0 Å². The van der Waals surface area contributed by atoms with Crippen molar-refractivity contribution >= 4 is 9.47 Å². The third-order valence-corrected chi connectivity index (χ3v) is 3.31. The lowest BCUT2D eigenvalue weighted by Gasteiger charge is -2.21. The van der Waals surface area contributed by atoms with Gasteiger partial charge in [-0.3, -0.25) is 0 Å². The molecule has 0 radical (unpaired) electrons. The summed E-state index contributed by atoms with van der Waals surface area (Å²) in [6.07, 6.45) is 1.87. The molecule has 0 aromatic heterocycles. The van der Waals surface area contributed by atoms with Crippen LogP contribution in [0, 0.1) is 6.92 Å². The minimum Gasteiger partial charge on any atom is -0.492 e. The van der Waals surface area contributed by atoms with Gasteiger partial charge in [-0.1, -0.05) is 13.8 Å². The van der Waals surface area contributed by atoms with Gasteiger partial charge in [-0.25, -0.2) is 0 Å². The number of hydrogen-bond acceptors (Lipinski definition) is 3. The summed E-state index contributed by atoms with van der Waals surface area (Å²) in [5.74, 6) is 2.20. The zero-order valence-electron chi connectivity index (χ0n) is 11.2. The molecule has 17 heavy (non-hydrogen) atoms. The molecule has 1 rings (SSSR count). The second-order valence-electron chi connectivity index (χ2n) is 3.80. The molecule has 0 bridgehead atoms. The van der Waals surface area contributed by atoms with Crippen molar-refractivity contribution in [1.29, 1.82) is 0 Å². The van der Waals surface area contributed by atoms with Crippen LogP contribution in [0.3, 0.4) is 0 Å². The van der Waals surface area contributed by atoms with Gasteiger partial charge in [0.05, 0.1) is 23.7 Å². The highest BCUT2D eigenvalue weighted by Crippen LogP contribution is 2.46. The van der Waals surface area contributed by atoms with Crippen LogP contribution in [0.15, 0.2) is 0 Å². The highest BCUT2D eigenvalue weighted by molar-refractivity contribution is 7.10. The highest BCUT2D eigenvalue weighted by Gasteiger charge is 2.22. The van der Waals surface area contributed by atoms with Crippen molar-refractivity contribution in [1.82, 2.24) is 0 Å². The zero-order chi connectivity index (χ0) is 13.0. The summed E-state index contributed by atoms with van der Waals surface area (Å²) in [5, 5.41) is 0. The predicted octanol–water partition coefficient (Wildman–Crippen LogP) is 3.31. The van der Waals surface area contributed by atoms with E-state index in [9.17, 15) is 0 Å². The van der Waals surface area contributed by atoms with E-state index >= 15 is 0 Å². The maximum absolute atomic E-state index is 5.44. The van der Waals surface area contributed by atoms with Gasteiger partial charge in [-0.05, 0) is 30.9 Å². The van der Waals surface area contributed by atoms with Crippen LogP contribution >= 0.6 is 9.47 Å². The van der Waals surface area contributed by atoms with Gasteiger partial charge in [0.1, 0.15) is 0 Å². The van der Waals surface area contributed by atoms with Crippen LogP contribution in [0.25, 0.3) is 0 Å². The Balaban J connectivity index is 3.66. The Morgan fingerprint density at radius 3 is 1.76 bits per heavy atom. The molecule has 0 heterocycles. The highest BCUT2D eigenvalue weighted by atomic mass is 31.0. The lowest BCUT2D eigenvalue weighted by molar-refractivity contribution is 0.342. The SMILES string of the molecule is CCc1c(C)c(OC)c(OC)c(OP)c1CC. The molecule has 0 spiro atoms. The van der Waals surface area contributed by atoms with Crippen molar-refractivity contribution in [3.05, 3.63) is 16.7 Å². The summed E-state index contributed by atoms with van der Waals surface area (Å²) in [6, 6.07) is 0. The van der Waals surface area contributed by atoms with Gasteiger partial charge in [0.2, 0.25) is 5.75 Å². The van der Waals surface area contributed by atoms with Gasteiger partial charge >= 0.3 is 0 Å². The fraction of sp³-hybridized carbons (Fsp3) is 0.538. The molecule has 0 aliphatic rings. The summed E-state index contributed by atoms with van der Waals surface area (Å²) in [4.78, 5) is 0. The molecule has 0 saturated carbocycles. The van der Waals surface area contributed by atoms with E-state index < -0.39 is 0 Å². The van der Waals surface area contributed by atoms with Gasteiger partial charge in [-0.15, -0.1) is 0 Å². The van der Waals surface area contributed by atoms with Crippen LogP contribution in [0.4, 0.5) is 0 Å². The summed E-state index contributed by atoms with van der Waals surface area (Å²) in [7, 11) is 5.58. The van der Waals surface area contributed by atoms with Gasteiger partial charge in [0, 0.05) is 5.56 Å². The van der Waals surface area contributed by atoms with E-state index in [0.29, 0.717) is 5.75 Å². The zero-order valence-corrected chi connectivity index (χ0v) is 12.4. The first-order valence-corrected chi connectivity index (χ1v) is 6.26. The van der Waals surface area contributed by atoms with E-state index in [1.807, 2.05) is 0 Å². The first-order chi connectivity index (χ1) is 8.15. The maximum Gasteiger partial charge on any atom is 0.204 e. The third kappa shape index (κ3) is 2.35. The van der Waals surface area contributed by atoms with E-state index in [1.165, 1.54) is 11.1 Å². The summed E-state index contributed by atoms with van der Waals surface area (Å²) in [6.45, 7) is 6.32. The van der Waals surface area contributed by atoms with Crippen molar-refractivity contribution in [3.63, 3.8) is 0 Å². The molecule has 96 valence electrons. The molecule has 0 aliphatic carbocycles. The van der Waals surface area contributed by atoms with Gasteiger partial charge in [0.25, 0.3) is 0 Å². The predicted molar refractivity (Wildman–Crippen MR) is 73.4 cm³/mol. The molecular weight excluding hydrogens is 235 g/mol. The molecule has 3 nitrogen and oxygen atoms in total. The minimum absolute atomic E-state index is 0.675. The number of hydrogen-bond donors (Lipinski definition) is 0. The first-order valence-electron chi connectivity index (χ1n) is 5.79. The monoisotopic (exact) mass is 256 g/mol. The Bertz CT molecular complexity index is 369. The number of rotatable bonds is 5. The Labute approximate surface area is 106 Å². The normalized spacial score (nSPS) is 10.2. The van der Waals surface area contributed by atoms with Gasteiger partial charge < -0.3 is 14.0 Å². The molecule has 0 saturated heterocycles. The van der Waals surface area contributed by atoms with E-state index in [-0.39, 0.29) is 0 Å². The second kappa shape index (κ2) is 6.11. The van der Waals surface area contributed by atoms with E-state index in [1.54, 1.807) is 14.2 Å². The fourth-order valence-corrected chi connectivity index (χ4v) is 2.57. The van der Waals surface area contributed by atoms with Crippen molar-refractivity contribution in [3.8, 4) is 17.2 Å². The number of benzene rings is 1. The van der Waals surface area contributed by atoms with Crippen LogP contribution in [-0.2, 0) is 12.8 Å². The molecule has 1 unspecified atom stereocenters. The van der Waals surface area contributed by atoms with Crippen LogP contribution in [-0.4, -0.2) is 14.2 Å². The molecular formula is C13H21O3P. The van der Waals surface area contributed by atoms with Crippen LogP contribution in [0.1, 0.15) is 30.5 Å². The lowest BCUT2D eigenvalue weighted by Crippen LogP contribution is -2.04. The van der Waals surface area contributed by atoms with Crippen molar-refractivity contribution in [2.75, 3.05) is 14.2 Å². The fourth-order valence-electron chi connectivity index (χ4n) is 2.32. The van der Waals surface area contributed by atoms with Crippen LogP contribution in [0.2, 0.25) is 0 Å². The van der Waals surface area contributed by atoms with Crippen molar-refractivity contribution in [2.45, 2.75) is 33.6 Å². The Kier molecular flexibility index (Phi) is 5.07. The Morgan fingerprint density at radius 2 is 1.41 bits per heavy atom. The Morgan fingerprint density at radius 1 is 0.882 bits per heavy atom. The molecule has 0 fully saturated rings. The smallest absolute Gasteiger partial charge is 0.204 e. The maximum atomic E-state index is 5.44. The van der Waals surface area contributed by atoms with Crippen LogP contribution in [0.5, 0.6) is 17.2 Å². The largest absolute Gasteiger partial charge is 0.492 e. The van der Waals surface area contributed by atoms with E-state index in [0.717, 1.165) is 29.9 Å². The minimum atomic E-state index is 0.675. The number of methoxy groups -OCH3 is 2. The number of ether oxygens (including phenoxy) is 2. The standard InChI is InChI=1S/C13H21O3P/c1-6-9-8(3)11(14-4)13(15-5)12(16-17)10(9)7-2/h6-7,17H2,1-5H3. The van der Waals surface area contributed by atoms with Crippen LogP contribution < -0.4 is 14.0 Å². The van der Waals surface area contributed by atoms with Gasteiger partial charge in [0.15, 0.2) is 11.5 Å². The van der Waals surface area contributed by atoms with Crippen molar-refractivity contribution < 1.29 is 14.0 Å². The quantitative estimate of drug-likeness (QED) is 0.756. The third-order valence-electron chi connectivity index (χ3n) is 3.08. The summed E-state index contributed by atoms with van der Waals surface area (Å²) >= 11 is 0. The van der Waals surface area contributed by atoms with E-state index in [2.05, 4.69) is 30.2 Å². The first kappa shape index (κ1) is 14.1.